The summed E-state index contributed by atoms with van der Waals surface area (Å²) in [7, 11) is 0. The van der Waals surface area contributed by atoms with E-state index < -0.39 is 48.1 Å². The number of furan rings is 1. The minimum Gasteiger partial charge on any atom is -0.464 e. The van der Waals surface area contributed by atoms with Crippen LogP contribution in [0.5, 0.6) is 0 Å². The van der Waals surface area contributed by atoms with Crippen molar-refractivity contribution in [3.05, 3.63) is 114 Å². The van der Waals surface area contributed by atoms with Crippen molar-refractivity contribution in [1.29, 1.82) is 0 Å². The second-order valence-corrected chi connectivity index (χ2v) is 10.8. The van der Waals surface area contributed by atoms with Gasteiger partial charge in [-0.05, 0) is 36.6 Å². The average molecular weight is 608 g/mol. The van der Waals surface area contributed by atoms with Crippen LogP contribution in [-0.2, 0) is 25.7 Å². The van der Waals surface area contributed by atoms with Crippen molar-refractivity contribution < 1.29 is 33.4 Å². The molecule has 45 heavy (non-hydrogen) atoms. The highest BCUT2D eigenvalue weighted by Crippen LogP contribution is 2.33. The SMILES string of the molecule is NC(=O)C[C@H](C(=O)[C@H](CCCC(=O)OCc1ccccc1)NC(=O)c1ccc2ccccc2n1)C(O)c1coc2ccccc12. The number of hydrogen-bond donors (Lipinski definition) is 3. The van der Waals surface area contributed by atoms with Crippen LogP contribution in [0.3, 0.4) is 0 Å². The van der Waals surface area contributed by atoms with Crippen molar-refractivity contribution in [2.24, 2.45) is 11.7 Å². The number of primary amides is 1. The largest absolute Gasteiger partial charge is 0.464 e. The number of benzene rings is 3. The number of ketones is 1. The number of nitrogens with zero attached hydrogens (tertiary/aromatic N) is 1. The lowest BCUT2D eigenvalue weighted by Gasteiger charge is -2.26. The summed E-state index contributed by atoms with van der Waals surface area (Å²) in [5.74, 6) is -3.80. The maximum absolute atomic E-state index is 14.1. The molecule has 3 atom stereocenters. The van der Waals surface area contributed by atoms with Crippen LogP contribution in [0, 0.1) is 5.92 Å². The van der Waals surface area contributed by atoms with Gasteiger partial charge in [-0.1, -0.05) is 72.8 Å². The number of carbonyl (C=O) groups excluding carboxylic acids is 4. The van der Waals surface area contributed by atoms with Gasteiger partial charge < -0.3 is 25.3 Å². The molecule has 10 nitrogen and oxygen atoms in total. The van der Waals surface area contributed by atoms with Crippen molar-refractivity contribution in [2.45, 2.75) is 44.4 Å². The molecule has 4 N–H and O–H groups in total. The quantitative estimate of drug-likeness (QED) is 0.152. The van der Waals surface area contributed by atoms with E-state index in [0.29, 0.717) is 22.0 Å². The molecule has 10 heteroatoms. The highest BCUT2D eigenvalue weighted by molar-refractivity contribution is 5.99. The summed E-state index contributed by atoms with van der Waals surface area (Å²) in [5, 5.41) is 15.6. The number of pyridine rings is 1. The van der Waals surface area contributed by atoms with Crippen molar-refractivity contribution in [2.75, 3.05) is 0 Å². The lowest BCUT2D eigenvalue weighted by molar-refractivity contribution is -0.145. The Labute approximate surface area is 259 Å². The van der Waals surface area contributed by atoms with Crippen LogP contribution in [0.4, 0.5) is 0 Å². The molecule has 1 unspecified atom stereocenters. The van der Waals surface area contributed by atoms with E-state index >= 15 is 0 Å². The number of fused-ring (bicyclic) bond motifs is 2. The standard InChI is InChI=1S/C35H33N3O7/c36-31(39)19-25(33(41)26-21-44-30-15-7-5-12-24(26)30)34(42)28(14-8-16-32(40)45-20-22-9-2-1-3-10-22)38-35(43)29-18-17-23-11-4-6-13-27(23)37-29/h1-7,9-13,15,17-18,21,25,28,33,41H,8,14,16,19-20H2,(H2,36,39)(H,38,43)/t25-,28-,33?/m0/s1. The zero-order valence-electron chi connectivity index (χ0n) is 24.4. The number of carbonyl (C=O) groups is 4. The van der Waals surface area contributed by atoms with E-state index in [0.717, 1.165) is 10.9 Å². The molecule has 0 radical (unpaired) electrons. The molecule has 2 amide bonds. The monoisotopic (exact) mass is 607 g/mol. The predicted octanol–water partition coefficient (Wildman–Crippen LogP) is 4.79. The number of ether oxygens (including phenoxy) is 1. The number of aliphatic hydroxyl groups excluding tert-OH is 1. The smallest absolute Gasteiger partial charge is 0.306 e. The third kappa shape index (κ3) is 7.79. The van der Waals surface area contributed by atoms with Gasteiger partial charge >= 0.3 is 5.97 Å². The second-order valence-electron chi connectivity index (χ2n) is 10.8. The minimum absolute atomic E-state index is 0.0177. The van der Waals surface area contributed by atoms with Gasteiger partial charge in [-0.25, -0.2) is 4.98 Å². The molecule has 0 saturated heterocycles. The lowest BCUT2D eigenvalue weighted by Crippen LogP contribution is -2.46. The molecule has 3 aromatic carbocycles. The molecule has 5 aromatic rings. The Kier molecular flexibility index (Phi) is 9.96. The fraction of sp³-hybridized carbons (Fsp3) is 0.229. The number of amides is 2. The van der Waals surface area contributed by atoms with Crippen molar-refractivity contribution in [3.8, 4) is 0 Å². The molecule has 0 aliphatic carbocycles. The van der Waals surface area contributed by atoms with Gasteiger partial charge in [0.25, 0.3) is 5.91 Å². The van der Waals surface area contributed by atoms with Gasteiger partial charge in [0.05, 0.1) is 29.8 Å². The highest BCUT2D eigenvalue weighted by Gasteiger charge is 2.36. The second kappa shape index (κ2) is 14.4. The predicted molar refractivity (Wildman–Crippen MR) is 167 cm³/mol. The Morgan fingerprint density at radius 3 is 2.44 bits per heavy atom. The zero-order chi connectivity index (χ0) is 31.8. The summed E-state index contributed by atoms with van der Waals surface area (Å²) in [6.07, 6.45) is -0.389. The number of Topliss-reactive ketones (excluding diaryl/α,β-unsaturated/α-hetero) is 1. The van der Waals surface area contributed by atoms with Gasteiger partial charge in [0.15, 0.2) is 5.78 Å². The number of nitrogens with two attached hydrogens (primary N) is 1. The van der Waals surface area contributed by atoms with Crippen molar-refractivity contribution in [3.63, 3.8) is 0 Å². The van der Waals surface area contributed by atoms with E-state index in [1.165, 1.54) is 6.26 Å². The normalized spacial score (nSPS) is 13.2. The van der Waals surface area contributed by atoms with Gasteiger partial charge in [-0.2, -0.15) is 0 Å². The molecule has 0 aliphatic rings. The summed E-state index contributed by atoms with van der Waals surface area (Å²) in [6, 6.07) is 25.6. The Balaban J connectivity index is 1.36. The minimum atomic E-state index is -1.46. The first-order valence-corrected chi connectivity index (χ1v) is 14.6. The Morgan fingerprint density at radius 2 is 1.64 bits per heavy atom. The van der Waals surface area contributed by atoms with Gasteiger partial charge in [0.1, 0.15) is 17.9 Å². The number of aliphatic hydroxyl groups is 1. The van der Waals surface area contributed by atoms with E-state index in [1.807, 2.05) is 42.5 Å². The van der Waals surface area contributed by atoms with Crippen molar-refractivity contribution >= 4 is 45.4 Å². The number of para-hydroxylation sites is 2. The number of esters is 1. The lowest BCUT2D eigenvalue weighted by atomic mass is 9.84. The Bertz CT molecular complexity index is 1820. The molecule has 0 bridgehead atoms. The molecular weight excluding hydrogens is 574 g/mol. The maximum atomic E-state index is 14.1. The molecule has 0 saturated carbocycles. The Morgan fingerprint density at radius 1 is 0.911 bits per heavy atom. The average Bonchev–Trinajstić information content (AvgIpc) is 3.49. The number of hydrogen-bond acceptors (Lipinski definition) is 8. The molecule has 2 aromatic heterocycles. The van der Waals surface area contributed by atoms with Crippen LogP contribution >= 0.6 is 0 Å². The molecule has 2 heterocycles. The molecule has 0 spiro atoms. The van der Waals surface area contributed by atoms with E-state index in [9.17, 15) is 24.3 Å². The summed E-state index contributed by atoms with van der Waals surface area (Å²) in [6.45, 7) is 0.109. The summed E-state index contributed by atoms with van der Waals surface area (Å²) >= 11 is 0. The van der Waals surface area contributed by atoms with Gasteiger partial charge in [-0.15, -0.1) is 0 Å². The van der Waals surface area contributed by atoms with Crippen LogP contribution in [0.2, 0.25) is 0 Å². The van der Waals surface area contributed by atoms with Gasteiger partial charge in [0, 0.05) is 29.2 Å². The van der Waals surface area contributed by atoms with Crippen LogP contribution < -0.4 is 11.1 Å². The zero-order valence-corrected chi connectivity index (χ0v) is 24.4. The Hall–Kier alpha value is -5.35. The van der Waals surface area contributed by atoms with Crippen LogP contribution in [0.25, 0.3) is 21.9 Å². The summed E-state index contributed by atoms with van der Waals surface area (Å²) in [5.41, 5.74) is 7.85. The molecule has 0 aliphatic heterocycles. The maximum Gasteiger partial charge on any atom is 0.306 e. The first-order chi connectivity index (χ1) is 21.8. The van der Waals surface area contributed by atoms with Crippen LogP contribution in [0.1, 0.15) is 53.4 Å². The third-order valence-electron chi connectivity index (χ3n) is 7.59. The first kappa shape index (κ1) is 31.1. The van der Waals surface area contributed by atoms with Crippen LogP contribution in [-0.4, -0.2) is 39.7 Å². The molecular formula is C35H33N3O7. The fourth-order valence-electron chi connectivity index (χ4n) is 5.26. The summed E-state index contributed by atoms with van der Waals surface area (Å²) in [4.78, 5) is 56.5. The number of nitrogens with one attached hydrogen (secondary N) is 1. The van der Waals surface area contributed by atoms with Gasteiger partial charge in [0.2, 0.25) is 5.91 Å². The topological polar surface area (TPSA) is 162 Å². The van der Waals surface area contributed by atoms with E-state index in [2.05, 4.69) is 10.3 Å². The van der Waals surface area contributed by atoms with E-state index in [1.54, 1.807) is 48.5 Å². The molecule has 0 fully saturated rings. The van der Waals surface area contributed by atoms with Crippen molar-refractivity contribution in [1.82, 2.24) is 10.3 Å². The highest BCUT2D eigenvalue weighted by atomic mass is 16.5. The molecule has 5 rings (SSSR count). The van der Waals surface area contributed by atoms with E-state index in [-0.39, 0.29) is 31.6 Å². The first-order valence-electron chi connectivity index (χ1n) is 14.6. The third-order valence-corrected chi connectivity index (χ3v) is 7.59. The van der Waals surface area contributed by atoms with E-state index in [4.69, 9.17) is 14.9 Å². The van der Waals surface area contributed by atoms with Crippen LogP contribution in [0.15, 0.2) is 102 Å². The number of rotatable bonds is 14. The fourth-order valence-corrected chi connectivity index (χ4v) is 5.26. The van der Waals surface area contributed by atoms with Gasteiger partial charge in [-0.3, -0.25) is 19.2 Å². The number of aromatic nitrogens is 1. The molecule has 230 valence electrons. The summed E-state index contributed by atoms with van der Waals surface area (Å²) < 4.78 is 10.9.